The summed E-state index contributed by atoms with van der Waals surface area (Å²) in [5, 5.41) is 0.0467. The lowest BCUT2D eigenvalue weighted by Gasteiger charge is -2.49. The minimum Gasteiger partial charge on any atom is -0.474 e. The average molecular weight is 839 g/mol. The van der Waals surface area contributed by atoms with Gasteiger partial charge in [-0.05, 0) is 102 Å². The number of morpholine rings is 1. The lowest BCUT2D eigenvalue weighted by molar-refractivity contribution is -0.123. The highest BCUT2D eigenvalue weighted by Crippen LogP contribution is 2.39. The van der Waals surface area contributed by atoms with Crippen LogP contribution >= 0.6 is 0 Å². The number of amides is 3. The van der Waals surface area contributed by atoms with E-state index in [9.17, 15) is 18.8 Å². The molecule has 5 heterocycles. The number of pyridine rings is 1. The van der Waals surface area contributed by atoms with E-state index in [1.807, 2.05) is 40.7 Å². The number of halogens is 1. The summed E-state index contributed by atoms with van der Waals surface area (Å²) in [7, 11) is -2.03. The molecule has 1 aromatic carbocycles. The molecule has 3 amide bonds. The SMILES string of the molecule is C[C@@H]1CN(CC(=O)N2c3cc(Cc4ccc(F)cc4)c(C(=O)N4CC(O[Si](C)(C)C(C)(C)C)C4)nc3OC[C@@H]2C)[C@@H](CN2[C@H](C)COC[C@H]2C)CN1C(=O)OC(C)(C)C. The monoisotopic (exact) mass is 838 g/mol. The summed E-state index contributed by atoms with van der Waals surface area (Å²) in [6.07, 6.45) is -0.102. The third-order valence-corrected chi connectivity index (χ3v) is 17.1. The van der Waals surface area contributed by atoms with Crippen LogP contribution in [0.2, 0.25) is 18.1 Å². The largest absolute Gasteiger partial charge is 0.474 e. The predicted molar refractivity (Wildman–Crippen MR) is 228 cm³/mol. The zero-order valence-electron chi connectivity index (χ0n) is 37.3. The molecule has 6 rings (SSSR count). The molecule has 3 fully saturated rings. The van der Waals surface area contributed by atoms with Gasteiger partial charge in [-0.1, -0.05) is 32.9 Å². The van der Waals surface area contributed by atoms with E-state index in [1.165, 1.54) is 12.1 Å². The molecule has 0 spiro atoms. The van der Waals surface area contributed by atoms with Crippen molar-refractivity contribution in [1.29, 1.82) is 0 Å². The van der Waals surface area contributed by atoms with Crippen molar-refractivity contribution in [3.05, 3.63) is 53.0 Å². The van der Waals surface area contributed by atoms with Crippen LogP contribution < -0.4 is 9.64 Å². The van der Waals surface area contributed by atoms with Crippen molar-refractivity contribution in [2.24, 2.45) is 0 Å². The Labute approximate surface area is 351 Å². The van der Waals surface area contributed by atoms with Gasteiger partial charge >= 0.3 is 6.09 Å². The van der Waals surface area contributed by atoms with E-state index < -0.39 is 13.9 Å². The third kappa shape index (κ3) is 10.3. The molecule has 0 saturated carbocycles. The first kappa shape index (κ1) is 44.9. The van der Waals surface area contributed by atoms with Crippen LogP contribution in [0.4, 0.5) is 14.9 Å². The van der Waals surface area contributed by atoms with E-state index in [4.69, 9.17) is 23.6 Å². The van der Waals surface area contributed by atoms with Gasteiger partial charge in [0.05, 0.1) is 31.9 Å². The number of fused-ring (bicyclic) bond motifs is 1. The molecule has 59 heavy (non-hydrogen) atoms. The Morgan fingerprint density at radius 2 is 1.53 bits per heavy atom. The first-order valence-electron chi connectivity index (χ1n) is 21.3. The number of carbonyl (C=O) groups excluding carboxylic acids is 3. The van der Waals surface area contributed by atoms with Gasteiger partial charge in [0, 0.05) is 56.9 Å². The lowest BCUT2D eigenvalue weighted by Crippen LogP contribution is -2.65. The van der Waals surface area contributed by atoms with E-state index in [-0.39, 0.29) is 89.8 Å². The van der Waals surface area contributed by atoms with Gasteiger partial charge in [-0.3, -0.25) is 19.4 Å². The van der Waals surface area contributed by atoms with Crippen molar-refractivity contribution in [3.8, 4) is 5.88 Å². The van der Waals surface area contributed by atoms with Crippen molar-refractivity contribution in [3.63, 3.8) is 0 Å². The summed E-state index contributed by atoms with van der Waals surface area (Å²) in [6.45, 7) is 28.9. The molecular formula is C44H67FN6O7Si. The van der Waals surface area contributed by atoms with Crippen LogP contribution in [0, 0.1) is 5.82 Å². The highest BCUT2D eigenvalue weighted by Gasteiger charge is 2.45. The van der Waals surface area contributed by atoms with Crippen molar-refractivity contribution < 1.29 is 37.4 Å². The van der Waals surface area contributed by atoms with E-state index >= 15 is 0 Å². The number of piperazine rings is 1. The normalized spacial score (nSPS) is 25.0. The molecule has 4 aliphatic heterocycles. The van der Waals surface area contributed by atoms with Crippen LogP contribution in [0.5, 0.6) is 5.88 Å². The van der Waals surface area contributed by atoms with E-state index in [2.05, 4.69) is 57.5 Å². The van der Waals surface area contributed by atoms with E-state index in [1.54, 1.807) is 26.8 Å². The van der Waals surface area contributed by atoms with Crippen LogP contribution in [-0.2, 0) is 25.1 Å². The Kier molecular flexibility index (Phi) is 13.2. The van der Waals surface area contributed by atoms with Crippen LogP contribution in [-0.4, -0.2) is 152 Å². The molecule has 5 atom stereocenters. The maximum absolute atomic E-state index is 14.8. The molecule has 0 bridgehead atoms. The molecule has 3 saturated heterocycles. The van der Waals surface area contributed by atoms with Gasteiger partial charge in [-0.25, -0.2) is 14.2 Å². The number of nitrogens with zero attached hydrogens (tertiary/aromatic N) is 6. The molecule has 0 unspecified atom stereocenters. The highest BCUT2D eigenvalue weighted by atomic mass is 28.4. The Bertz CT molecular complexity index is 1840. The van der Waals surface area contributed by atoms with Gasteiger partial charge in [-0.15, -0.1) is 0 Å². The van der Waals surface area contributed by atoms with Gasteiger partial charge in [0.1, 0.15) is 29.4 Å². The average Bonchev–Trinajstić information content (AvgIpc) is 3.11. The first-order chi connectivity index (χ1) is 27.5. The maximum atomic E-state index is 14.8. The van der Waals surface area contributed by atoms with Crippen LogP contribution in [0.3, 0.4) is 0 Å². The minimum absolute atomic E-state index is 0.0459. The van der Waals surface area contributed by atoms with Crippen LogP contribution in [0.25, 0.3) is 0 Å². The molecule has 13 nitrogen and oxygen atoms in total. The summed E-state index contributed by atoms with van der Waals surface area (Å²) in [5.41, 5.74) is 1.53. The summed E-state index contributed by atoms with van der Waals surface area (Å²) in [5.74, 6) is -0.479. The van der Waals surface area contributed by atoms with Crippen molar-refractivity contribution >= 4 is 31.9 Å². The predicted octanol–water partition coefficient (Wildman–Crippen LogP) is 6.19. The first-order valence-corrected chi connectivity index (χ1v) is 24.2. The van der Waals surface area contributed by atoms with Crippen molar-refractivity contribution in [2.75, 3.05) is 64.0 Å². The fraction of sp³-hybridized carbons (Fsp3) is 0.682. The summed E-state index contributed by atoms with van der Waals surface area (Å²) in [6, 6.07) is 7.73. The second-order valence-electron chi connectivity index (χ2n) is 19.8. The number of anilines is 1. The molecular weight excluding hydrogens is 772 g/mol. The van der Waals surface area contributed by atoms with E-state index in [0.29, 0.717) is 63.6 Å². The summed E-state index contributed by atoms with van der Waals surface area (Å²) < 4.78 is 38.4. The fourth-order valence-corrected chi connectivity index (χ4v) is 9.54. The van der Waals surface area contributed by atoms with Crippen molar-refractivity contribution in [2.45, 2.75) is 136 Å². The maximum Gasteiger partial charge on any atom is 0.410 e. The Morgan fingerprint density at radius 1 is 0.881 bits per heavy atom. The Balaban J connectivity index is 1.28. The molecule has 4 aliphatic rings. The Hall–Kier alpha value is -3.63. The third-order valence-electron chi connectivity index (χ3n) is 12.6. The van der Waals surface area contributed by atoms with E-state index in [0.717, 1.165) is 5.56 Å². The van der Waals surface area contributed by atoms with Crippen LogP contribution in [0.1, 0.15) is 90.9 Å². The topological polar surface area (TPSA) is 117 Å². The molecule has 1 aromatic heterocycles. The number of carbonyl (C=O) groups is 3. The second-order valence-corrected chi connectivity index (χ2v) is 24.5. The number of ether oxygens (including phenoxy) is 3. The number of likely N-dealkylation sites (tertiary alicyclic amines) is 1. The summed E-state index contributed by atoms with van der Waals surface area (Å²) >= 11 is 0. The van der Waals surface area contributed by atoms with Gasteiger partial charge in [-0.2, -0.15) is 0 Å². The standard InChI is InChI=1S/C44H67FN6O7Si/c1-28-19-47(35(20-49-29(2)25-55-26-30(49)3)21-50(28)42(54)57-43(5,6)7)24-38(52)51-31(4)27-56-40-37(51)18-33(17-32-13-15-34(45)16-14-32)39(46-40)41(53)48-22-36(23-48)58-59(11,12)44(8,9)10/h13-16,18,28-31,35-36H,17,19-27H2,1-12H3/t28-,29-,30-,31+,35+/m1/s1. The smallest absolute Gasteiger partial charge is 0.410 e. The van der Waals surface area contributed by atoms with Crippen LogP contribution in [0.15, 0.2) is 30.3 Å². The number of hydrogen-bond acceptors (Lipinski definition) is 10. The number of rotatable bonds is 9. The molecule has 15 heteroatoms. The minimum atomic E-state index is -2.03. The lowest BCUT2D eigenvalue weighted by atomic mass is 10.00. The molecule has 2 aromatic rings. The molecule has 0 aliphatic carbocycles. The van der Waals surface area contributed by atoms with Gasteiger partial charge in [0.25, 0.3) is 5.91 Å². The second kappa shape index (κ2) is 17.4. The molecule has 326 valence electrons. The number of hydrogen-bond donors (Lipinski definition) is 0. The molecule has 0 radical (unpaired) electrons. The van der Waals surface area contributed by atoms with Gasteiger partial charge < -0.3 is 33.3 Å². The number of benzene rings is 1. The highest BCUT2D eigenvalue weighted by molar-refractivity contribution is 6.74. The van der Waals surface area contributed by atoms with Gasteiger partial charge in [0.2, 0.25) is 11.8 Å². The zero-order valence-corrected chi connectivity index (χ0v) is 38.3. The fourth-order valence-electron chi connectivity index (χ4n) is 8.20. The Morgan fingerprint density at radius 3 is 2.14 bits per heavy atom. The van der Waals surface area contributed by atoms with Crippen molar-refractivity contribution in [1.82, 2.24) is 24.6 Å². The molecule has 0 N–H and O–H groups in total. The van der Waals surface area contributed by atoms with Gasteiger partial charge in [0.15, 0.2) is 8.32 Å². The zero-order chi connectivity index (χ0) is 43.2. The number of aromatic nitrogens is 1. The quantitative estimate of drug-likeness (QED) is 0.271. The summed E-state index contributed by atoms with van der Waals surface area (Å²) in [4.78, 5) is 57.2.